The summed E-state index contributed by atoms with van der Waals surface area (Å²) in [5.41, 5.74) is -0.680. The molecular formula is C19H17N3O4. The predicted octanol–water partition coefficient (Wildman–Crippen LogP) is 2.05. The minimum atomic E-state index is -1.68. The Morgan fingerprint density at radius 1 is 1.54 bits per heavy atom. The van der Waals surface area contributed by atoms with E-state index < -0.39 is 23.2 Å². The van der Waals surface area contributed by atoms with E-state index in [1.807, 2.05) is 6.07 Å². The highest BCUT2D eigenvalue weighted by Gasteiger charge is 2.64. The lowest BCUT2D eigenvalue weighted by molar-refractivity contribution is -0.139. The third-order valence-corrected chi connectivity index (χ3v) is 4.74. The average molecular weight is 351 g/mol. The number of amides is 1. The van der Waals surface area contributed by atoms with E-state index in [0.29, 0.717) is 11.3 Å². The molecule has 0 fully saturated rings. The second-order valence-electron chi connectivity index (χ2n) is 5.98. The molecule has 7 nitrogen and oxygen atoms in total. The Kier molecular flexibility index (Phi) is 4.12. The molecule has 1 aromatic rings. The highest BCUT2D eigenvalue weighted by Crippen LogP contribution is 2.54. The fraction of sp³-hybridized carbons (Fsp3) is 0.263. The Morgan fingerprint density at radius 2 is 2.23 bits per heavy atom. The van der Waals surface area contributed by atoms with Gasteiger partial charge in [-0.25, -0.2) is 4.79 Å². The summed E-state index contributed by atoms with van der Waals surface area (Å²) >= 11 is 0. The van der Waals surface area contributed by atoms with Gasteiger partial charge in [0.2, 0.25) is 11.8 Å². The molecule has 7 heteroatoms. The molecule has 0 aliphatic carbocycles. The van der Waals surface area contributed by atoms with Crippen molar-refractivity contribution in [3.8, 4) is 6.07 Å². The highest BCUT2D eigenvalue weighted by molar-refractivity contribution is 6.19. The van der Waals surface area contributed by atoms with Crippen LogP contribution in [-0.4, -0.2) is 31.4 Å². The third-order valence-electron chi connectivity index (χ3n) is 4.74. The number of fused-ring (bicyclic) bond motifs is 2. The van der Waals surface area contributed by atoms with Crippen LogP contribution in [0, 0.1) is 22.7 Å². The van der Waals surface area contributed by atoms with E-state index in [2.05, 4.69) is 6.58 Å². The number of anilines is 1. The summed E-state index contributed by atoms with van der Waals surface area (Å²) in [5.74, 6) is -2.82. The second kappa shape index (κ2) is 6.15. The largest absolute Gasteiger partial charge is 0.466 e. The molecule has 2 atom stereocenters. The van der Waals surface area contributed by atoms with Gasteiger partial charge in [0.25, 0.3) is 0 Å². The molecule has 2 unspecified atom stereocenters. The van der Waals surface area contributed by atoms with Crippen molar-refractivity contribution in [3.05, 3.63) is 53.8 Å². The van der Waals surface area contributed by atoms with Crippen molar-refractivity contribution in [2.75, 3.05) is 18.6 Å². The first-order chi connectivity index (χ1) is 12.4. The van der Waals surface area contributed by atoms with Crippen LogP contribution in [0.25, 0.3) is 0 Å². The number of hydrogen-bond acceptors (Lipinski definition) is 6. The van der Waals surface area contributed by atoms with E-state index in [4.69, 9.17) is 14.9 Å². The molecule has 0 radical (unpaired) electrons. The molecular weight excluding hydrogens is 334 g/mol. The molecule has 2 aliphatic heterocycles. The standard InChI is InChI=1S/C19H17N3O4/c1-4-9-22-14-8-6-5-7-12(14)19(18(22)24)13(10-20)16(21)26-11(2)15(19)17(23)25-3/h4-8,13,21H,1,9H2,2-3H3. The lowest BCUT2D eigenvalue weighted by Gasteiger charge is -2.38. The van der Waals surface area contributed by atoms with Gasteiger partial charge in [0.1, 0.15) is 17.1 Å². The predicted molar refractivity (Wildman–Crippen MR) is 93.3 cm³/mol. The highest BCUT2D eigenvalue weighted by atomic mass is 16.5. The lowest BCUT2D eigenvalue weighted by atomic mass is 9.64. The monoisotopic (exact) mass is 351 g/mol. The van der Waals surface area contributed by atoms with E-state index in [1.54, 1.807) is 30.3 Å². The van der Waals surface area contributed by atoms with Crippen molar-refractivity contribution in [1.29, 1.82) is 10.7 Å². The van der Waals surface area contributed by atoms with E-state index in [9.17, 15) is 14.9 Å². The summed E-state index contributed by atoms with van der Waals surface area (Å²) in [4.78, 5) is 27.6. The zero-order valence-corrected chi connectivity index (χ0v) is 14.4. The van der Waals surface area contributed by atoms with Gasteiger partial charge in [-0.1, -0.05) is 24.3 Å². The number of carbonyl (C=O) groups is 2. The molecule has 0 saturated carbocycles. The minimum absolute atomic E-state index is 0.0495. The lowest BCUT2D eigenvalue weighted by Crippen LogP contribution is -2.54. The second-order valence-corrected chi connectivity index (χ2v) is 5.98. The quantitative estimate of drug-likeness (QED) is 0.663. The van der Waals surface area contributed by atoms with Gasteiger partial charge in [0, 0.05) is 12.2 Å². The zero-order chi connectivity index (χ0) is 19.1. The number of para-hydroxylation sites is 1. The molecule has 0 saturated heterocycles. The number of methoxy groups -OCH3 is 1. The van der Waals surface area contributed by atoms with Crippen LogP contribution < -0.4 is 4.90 Å². The maximum atomic E-state index is 13.6. The van der Waals surface area contributed by atoms with E-state index in [0.717, 1.165) is 0 Å². The molecule has 2 aliphatic rings. The SMILES string of the molecule is C=CCN1C(=O)C2(C(C(=O)OC)=C(C)OC(=N)C2C#N)c2ccccc21. The molecule has 1 N–H and O–H groups in total. The number of benzene rings is 1. The van der Waals surface area contributed by atoms with Crippen molar-refractivity contribution in [2.45, 2.75) is 12.3 Å². The van der Waals surface area contributed by atoms with Gasteiger partial charge >= 0.3 is 5.97 Å². The molecule has 3 rings (SSSR count). The van der Waals surface area contributed by atoms with Crippen LogP contribution in [0.4, 0.5) is 5.69 Å². The Labute approximate surface area is 150 Å². The molecule has 0 aromatic heterocycles. The molecule has 2 heterocycles. The van der Waals surface area contributed by atoms with Gasteiger partial charge < -0.3 is 14.4 Å². The Balaban J connectivity index is 2.44. The summed E-state index contributed by atoms with van der Waals surface area (Å²) in [7, 11) is 1.20. The van der Waals surface area contributed by atoms with Gasteiger partial charge in [-0.15, -0.1) is 6.58 Å². The summed E-state index contributed by atoms with van der Waals surface area (Å²) in [6, 6.07) is 8.91. The van der Waals surface area contributed by atoms with Gasteiger partial charge in [-0.3, -0.25) is 10.2 Å². The number of carbonyl (C=O) groups excluding carboxylic acids is 2. The first kappa shape index (κ1) is 17.4. The van der Waals surface area contributed by atoms with Crippen LogP contribution in [0.5, 0.6) is 0 Å². The van der Waals surface area contributed by atoms with Crippen molar-refractivity contribution in [2.24, 2.45) is 5.92 Å². The number of hydrogen-bond donors (Lipinski definition) is 1. The summed E-state index contributed by atoms with van der Waals surface area (Å²) < 4.78 is 10.2. The number of ether oxygens (including phenoxy) is 2. The van der Waals surface area contributed by atoms with Crippen LogP contribution in [-0.2, 0) is 24.5 Å². The molecule has 0 bridgehead atoms. The summed E-state index contributed by atoms with van der Waals surface area (Å²) in [5, 5.41) is 17.9. The summed E-state index contributed by atoms with van der Waals surface area (Å²) in [6.07, 6.45) is 1.56. The summed E-state index contributed by atoms with van der Waals surface area (Å²) in [6.45, 7) is 5.37. The first-order valence-electron chi connectivity index (χ1n) is 7.93. The molecule has 1 aromatic carbocycles. The van der Waals surface area contributed by atoms with Crippen LogP contribution >= 0.6 is 0 Å². The van der Waals surface area contributed by atoms with Gasteiger partial charge in [-0.05, 0) is 18.6 Å². The number of rotatable bonds is 3. The van der Waals surface area contributed by atoms with Gasteiger partial charge in [0.05, 0.1) is 18.8 Å². The van der Waals surface area contributed by atoms with Crippen molar-refractivity contribution in [3.63, 3.8) is 0 Å². The van der Waals surface area contributed by atoms with E-state index in [1.165, 1.54) is 18.9 Å². The van der Waals surface area contributed by atoms with Crippen LogP contribution in [0.3, 0.4) is 0 Å². The zero-order valence-electron chi connectivity index (χ0n) is 14.4. The van der Waals surface area contributed by atoms with Crippen LogP contribution in [0.15, 0.2) is 48.3 Å². The number of nitriles is 1. The van der Waals surface area contributed by atoms with Crippen LogP contribution in [0.1, 0.15) is 12.5 Å². The molecule has 1 spiro atoms. The number of esters is 1. The van der Waals surface area contributed by atoms with Crippen molar-refractivity contribution in [1.82, 2.24) is 0 Å². The third kappa shape index (κ3) is 2.02. The fourth-order valence-corrected chi connectivity index (χ4v) is 3.77. The maximum absolute atomic E-state index is 13.6. The van der Waals surface area contributed by atoms with Crippen molar-refractivity contribution < 1.29 is 19.1 Å². The number of nitrogens with one attached hydrogen (secondary N) is 1. The Hall–Kier alpha value is -3.40. The Bertz CT molecular complexity index is 912. The van der Waals surface area contributed by atoms with Crippen LogP contribution in [0.2, 0.25) is 0 Å². The molecule has 26 heavy (non-hydrogen) atoms. The molecule has 1 amide bonds. The van der Waals surface area contributed by atoms with Gasteiger partial charge in [-0.2, -0.15) is 5.26 Å². The fourth-order valence-electron chi connectivity index (χ4n) is 3.77. The first-order valence-corrected chi connectivity index (χ1v) is 7.93. The van der Waals surface area contributed by atoms with E-state index >= 15 is 0 Å². The van der Waals surface area contributed by atoms with Crippen molar-refractivity contribution >= 4 is 23.5 Å². The molecule has 132 valence electrons. The van der Waals surface area contributed by atoms with E-state index in [-0.39, 0.29) is 23.8 Å². The minimum Gasteiger partial charge on any atom is -0.466 e. The van der Waals surface area contributed by atoms with Gasteiger partial charge in [0.15, 0.2) is 0 Å². The number of nitrogens with zero attached hydrogens (tertiary/aromatic N) is 2. The Morgan fingerprint density at radius 3 is 2.85 bits per heavy atom. The smallest absolute Gasteiger partial charge is 0.338 e. The number of allylic oxidation sites excluding steroid dienone is 1. The normalized spacial score (nSPS) is 24.2. The average Bonchev–Trinajstić information content (AvgIpc) is 2.86. The maximum Gasteiger partial charge on any atom is 0.338 e. The topological polar surface area (TPSA) is 103 Å².